The number of nitrogens with one attached hydrogen (secondary N) is 2. The summed E-state index contributed by atoms with van der Waals surface area (Å²) in [6, 6.07) is 32.7. The zero-order chi connectivity index (χ0) is 44.5. The Bertz CT molecular complexity index is 2860. The van der Waals surface area contributed by atoms with Gasteiger partial charge < -0.3 is 28.6 Å². The Hall–Kier alpha value is -6.34. The van der Waals surface area contributed by atoms with E-state index in [4.69, 9.17) is 8.83 Å². The Labute approximate surface area is 386 Å². The highest BCUT2D eigenvalue weighted by Crippen LogP contribution is 2.42. The minimum absolute atomic E-state index is 0.0474. The highest BCUT2D eigenvalue weighted by atomic mass is 79.9. The molecule has 4 atom stereocenters. The van der Waals surface area contributed by atoms with Crippen molar-refractivity contribution in [1.82, 2.24) is 39.7 Å². The molecule has 2 amide bonds. The number of carbonyl (C=O) groups excluding carboxylic acids is 2. The first-order valence-electron chi connectivity index (χ1n) is 22.8. The van der Waals surface area contributed by atoms with Crippen molar-refractivity contribution in [1.29, 1.82) is 0 Å². The van der Waals surface area contributed by atoms with Crippen LogP contribution in [0.3, 0.4) is 0 Å². The van der Waals surface area contributed by atoms with E-state index in [0.29, 0.717) is 18.0 Å². The van der Waals surface area contributed by atoms with E-state index in [1.165, 1.54) is 6.39 Å². The topological polar surface area (TPSA) is 146 Å². The molecule has 4 aromatic heterocycles. The Morgan fingerprint density at radius 3 is 1.65 bits per heavy atom. The Morgan fingerprint density at radius 1 is 0.631 bits per heavy atom. The third-order valence-corrected chi connectivity index (χ3v) is 14.1. The predicted octanol–water partition coefficient (Wildman–Crippen LogP) is 11.5. The zero-order valence-corrected chi connectivity index (χ0v) is 38.3. The van der Waals surface area contributed by atoms with E-state index in [1.54, 1.807) is 0 Å². The highest BCUT2D eigenvalue weighted by Gasteiger charge is 2.43. The predicted molar refractivity (Wildman–Crippen MR) is 254 cm³/mol. The van der Waals surface area contributed by atoms with Crippen molar-refractivity contribution >= 4 is 49.9 Å². The molecule has 4 fully saturated rings. The second kappa shape index (κ2) is 17.9. The van der Waals surface area contributed by atoms with Crippen molar-refractivity contribution in [3.8, 4) is 34.0 Å². The first kappa shape index (κ1) is 42.6. The van der Waals surface area contributed by atoms with Crippen LogP contribution in [-0.2, 0) is 9.59 Å². The first-order chi connectivity index (χ1) is 31.6. The molecule has 13 heteroatoms. The summed E-state index contributed by atoms with van der Waals surface area (Å²) in [7, 11) is 0. The van der Waals surface area contributed by atoms with Crippen LogP contribution in [0, 0.1) is 11.8 Å². The molecule has 4 saturated carbocycles. The van der Waals surface area contributed by atoms with Gasteiger partial charge in [0.1, 0.15) is 11.0 Å². The molecular weight excluding hydrogens is 881 g/mol. The largest absolute Gasteiger partial charge is 0.443 e. The Balaban J connectivity index is 0.000000132. The fourth-order valence-electron chi connectivity index (χ4n) is 9.16. The molecule has 2 N–H and O–H groups in total. The molecule has 4 aliphatic rings. The monoisotopic (exact) mass is 932 g/mol. The number of amides is 2. The van der Waals surface area contributed by atoms with Crippen LogP contribution in [-0.4, -0.2) is 52.0 Å². The third-order valence-electron chi connectivity index (χ3n) is 13.6. The molecule has 4 aromatic carbocycles. The van der Waals surface area contributed by atoms with Crippen LogP contribution < -0.4 is 10.6 Å². The number of benzene rings is 4. The lowest BCUT2D eigenvalue weighted by atomic mass is 10.1. The number of para-hydroxylation sites is 4. The minimum Gasteiger partial charge on any atom is -0.443 e. The molecule has 0 aliphatic heterocycles. The number of nitrogens with zero attached hydrogens (tertiary/aromatic N) is 6. The smallest absolute Gasteiger partial charge is 0.227 e. The van der Waals surface area contributed by atoms with Gasteiger partial charge >= 0.3 is 0 Å². The van der Waals surface area contributed by atoms with Crippen molar-refractivity contribution < 1.29 is 18.4 Å². The highest BCUT2D eigenvalue weighted by molar-refractivity contribution is 9.10. The Morgan fingerprint density at radius 2 is 1.12 bits per heavy atom. The number of hydrogen-bond donors (Lipinski definition) is 2. The molecule has 0 bridgehead atoms. The van der Waals surface area contributed by atoms with Crippen molar-refractivity contribution in [3.05, 3.63) is 133 Å². The molecule has 12 nitrogen and oxygen atoms in total. The van der Waals surface area contributed by atoms with Crippen molar-refractivity contribution in [3.63, 3.8) is 0 Å². The summed E-state index contributed by atoms with van der Waals surface area (Å²) in [6.07, 6.45) is 19.2. The van der Waals surface area contributed by atoms with Crippen LogP contribution in [0.25, 0.3) is 56.2 Å². The van der Waals surface area contributed by atoms with Crippen LogP contribution in [0.5, 0.6) is 0 Å². The average molecular weight is 934 g/mol. The number of hydrogen-bond acceptors (Lipinski definition) is 8. The lowest BCUT2D eigenvalue weighted by Crippen LogP contribution is -2.38. The van der Waals surface area contributed by atoms with Gasteiger partial charge in [-0.15, -0.1) is 0 Å². The van der Waals surface area contributed by atoms with Gasteiger partial charge in [0.15, 0.2) is 17.6 Å². The number of imidazole rings is 2. The quantitative estimate of drug-likeness (QED) is 0.145. The summed E-state index contributed by atoms with van der Waals surface area (Å²) in [6.45, 7) is 4.27. The molecule has 4 heterocycles. The zero-order valence-electron chi connectivity index (χ0n) is 36.7. The third kappa shape index (κ3) is 9.71. The minimum atomic E-state index is 0.0474. The van der Waals surface area contributed by atoms with Crippen LogP contribution >= 0.6 is 15.9 Å². The van der Waals surface area contributed by atoms with Crippen molar-refractivity contribution in [2.45, 2.75) is 101 Å². The number of fused-ring (bicyclic) bond motifs is 2. The molecule has 65 heavy (non-hydrogen) atoms. The maximum absolute atomic E-state index is 12.7. The van der Waals surface area contributed by atoms with Gasteiger partial charge in [0.05, 0.1) is 36.4 Å². The van der Waals surface area contributed by atoms with E-state index in [9.17, 15) is 9.59 Å². The summed E-state index contributed by atoms with van der Waals surface area (Å²) >= 11 is 3.48. The molecule has 4 aliphatic carbocycles. The molecule has 8 aromatic rings. The van der Waals surface area contributed by atoms with Gasteiger partial charge in [0, 0.05) is 45.0 Å². The fraction of sp³-hybridized carbons (Fsp3) is 0.346. The Kier molecular flexibility index (Phi) is 11.7. The van der Waals surface area contributed by atoms with Gasteiger partial charge in [-0.05, 0) is 138 Å². The van der Waals surface area contributed by atoms with E-state index in [1.807, 2.05) is 97.8 Å². The molecular formula is C52H53BrN8O4. The van der Waals surface area contributed by atoms with E-state index in [2.05, 4.69) is 93.7 Å². The van der Waals surface area contributed by atoms with Crippen LogP contribution in [0.2, 0.25) is 0 Å². The van der Waals surface area contributed by atoms with Gasteiger partial charge in [0.2, 0.25) is 17.7 Å². The average Bonchev–Trinajstić information content (AvgIpc) is 3.92. The fourth-order valence-corrected chi connectivity index (χ4v) is 9.43. The van der Waals surface area contributed by atoms with Gasteiger partial charge in [-0.3, -0.25) is 9.59 Å². The molecule has 0 spiro atoms. The van der Waals surface area contributed by atoms with E-state index >= 15 is 0 Å². The number of carbonyl (C=O) groups is 2. The molecule has 0 saturated heterocycles. The number of aromatic nitrogens is 6. The van der Waals surface area contributed by atoms with E-state index in [0.717, 1.165) is 119 Å². The number of oxazole rings is 2. The van der Waals surface area contributed by atoms with E-state index < -0.39 is 0 Å². The first-order valence-corrected chi connectivity index (χ1v) is 23.6. The second-order valence-corrected chi connectivity index (χ2v) is 19.6. The summed E-state index contributed by atoms with van der Waals surface area (Å²) in [4.78, 5) is 42.4. The summed E-state index contributed by atoms with van der Waals surface area (Å²) < 4.78 is 16.5. The number of rotatable bonds is 9. The summed E-state index contributed by atoms with van der Waals surface area (Å²) in [5.74, 6) is 1.31. The number of halogens is 1. The van der Waals surface area contributed by atoms with Crippen molar-refractivity contribution in [2.75, 3.05) is 0 Å². The normalized spacial score (nSPS) is 21.2. The van der Waals surface area contributed by atoms with Gasteiger partial charge in [0.25, 0.3) is 0 Å². The van der Waals surface area contributed by atoms with Gasteiger partial charge in [-0.25, -0.2) is 19.9 Å². The van der Waals surface area contributed by atoms with E-state index in [-0.39, 0.29) is 34.7 Å². The second-order valence-electron chi connectivity index (χ2n) is 18.7. The van der Waals surface area contributed by atoms with Crippen LogP contribution in [0.4, 0.5) is 0 Å². The SMILES string of the molecule is CC1(NC(=O)[C@H]2CC[C@@H](n3cncc3-c3ccc(-c4nc5ccccc5o4)cc3)C2)CC1.CC1(NC(=O)[C@H]2CC[C@@H](n3cncc3-c3ccc(Br)cc3)C2)CC1.c1ccc2ocnc2c1. The molecule has 12 rings (SSSR count). The maximum Gasteiger partial charge on any atom is 0.227 e. The lowest BCUT2D eigenvalue weighted by Gasteiger charge is -2.18. The molecule has 0 unspecified atom stereocenters. The molecule has 0 radical (unpaired) electrons. The van der Waals surface area contributed by atoms with Gasteiger partial charge in [-0.2, -0.15) is 0 Å². The molecule has 332 valence electrons. The summed E-state index contributed by atoms with van der Waals surface area (Å²) in [5, 5.41) is 6.46. The van der Waals surface area contributed by atoms with Crippen LogP contribution in [0.1, 0.15) is 90.1 Å². The van der Waals surface area contributed by atoms with Crippen molar-refractivity contribution in [2.24, 2.45) is 11.8 Å². The summed E-state index contributed by atoms with van der Waals surface area (Å²) in [5.41, 5.74) is 8.95. The van der Waals surface area contributed by atoms with Crippen LogP contribution in [0.15, 0.2) is 142 Å². The lowest BCUT2D eigenvalue weighted by molar-refractivity contribution is -0.126. The van der Waals surface area contributed by atoms with Gasteiger partial charge in [-0.1, -0.05) is 64.5 Å². The standard InChI is InChI=1S/C26H26N4O2.C19H22BrN3O.C7H5NO/c1-26(12-13-26)29-24(31)19-10-11-20(14-19)30-16-27-15-22(30)17-6-8-18(9-7-17)25-28-21-4-2-3-5-23(21)32-25;1-19(8-9-19)22-18(24)14-4-7-16(10-14)23-12-21-11-17(23)13-2-5-15(20)6-3-13;1-2-4-7-6(3-1)8-5-9-7/h2-9,15-16,19-20H,10-14H2,1H3,(H,29,31);2-3,5-6,11-12,14,16H,4,7-10H2,1H3,(H,22,24);1-5H/t19-,20+;14-,16+;/m00./s1. The maximum atomic E-state index is 12.7.